The Morgan fingerprint density at radius 2 is 2.06 bits per heavy atom. The summed E-state index contributed by atoms with van der Waals surface area (Å²) in [7, 11) is 0. The number of benzene rings is 1. The van der Waals surface area contributed by atoms with Crippen molar-refractivity contribution in [1.29, 1.82) is 0 Å². The van der Waals surface area contributed by atoms with Gasteiger partial charge >= 0.3 is 0 Å². The maximum atomic E-state index is 9.27. The van der Waals surface area contributed by atoms with Crippen LogP contribution in [0.4, 0.5) is 0 Å². The van der Waals surface area contributed by atoms with E-state index in [2.05, 4.69) is 0 Å². The lowest BCUT2D eigenvalue weighted by atomic mass is 10.1. The molecule has 2 unspecified atom stereocenters. The van der Waals surface area contributed by atoms with E-state index in [0.29, 0.717) is 11.5 Å². The van der Waals surface area contributed by atoms with Gasteiger partial charge in [0.05, 0.1) is 12.9 Å². The number of aliphatic hydroxyl groups excluding tert-OH is 1. The summed E-state index contributed by atoms with van der Waals surface area (Å²) >= 11 is 0. The minimum Gasteiger partial charge on any atom is -0.480 e. The van der Waals surface area contributed by atoms with Gasteiger partial charge in [0.2, 0.25) is 0 Å². The van der Waals surface area contributed by atoms with Crippen LogP contribution in [0.5, 0.6) is 5.75 Å². The largest absolute Gasteiger partial charge is 0.480 e. The highest BCUT2D eigenvalue weighted by Crippen LogP contribution is 2.27. The summed E-state index contributed by atoms with van der Waals surface area (Å²) in [6, 6.07) is 10.7. The molecule has 96 valence electrons. The van der Waals surface area contributed by atoms with Crippen LogP contribution in [-0.2, 0) is 6.61 Å². The predicted molar refractivity (Wildman–Crippen MR) is 68.1 cm³/mol. The number of ether oxygens (including phenoxy) is 1. The number of nitrogens with two attached hydrogens (primary N) is 1. The van der Waals surface area contributed by atoms with Crippen molar-refractivity contribution in [2.45, 2.75) is 25.7 Å². The fourth-order valence-corrected chi connectivity index (χ4v) is 1.76. The van der Waals surface area contributed by atoms with E-state index in [1.807, 2.05) is 37.3 Å². The molecule has 4 nitrogen and oxygen atoms in total. The molecule has 1 heterocycles. The zero-order chi connectivity index (χ0) is 13.0. The van der Waals surface area contributed by atoms with Crippen molar-refractivity contribution in [1.82, 2.24) is 0 Å². The molecule has 4 heteroatoms. The van der Waals surface area contributed by atoms with Gasteiger partial charge in [-0.2, -0.15) is 0 Å². The summed E-state index contributed by atoms with van der Waals surface area (Å²) in [5.74, 6) is 1.30. The Morgan fingerprint density at radius 1 is 1.28 bits per heavy atom. The van der Waals surface area contributed by atoms with Crippen molar-refractivity contribution in [3.63, 3.8) is 0 Å². The third-order valence-electron chi connectivity index (χ3n) is 2.70. The minimum absolute atomic E-state index is 0.0694. The van der Waals surface area contributed by atoms with Gasteiger partial charge in [0.25, 0.3) is 0 Å². The Labute approximate surface area is 106 Å². The van der Waals surface area contributed by atoms with Crippen molar-refractivity contribution in [3.05, 3.63) is 54.0 Å². The van der Waals surface area contributed by atoms with E-state index in [1.165, 1.54) is 0 Å². The molecule has 0 bridgehead atoms. The van der Waals surface area contributed by atoms with Crippen LogP contribution in [-0.4, -0.2) is 11.1 Å². The lowest BCUT2D eigenvalue weighted by Gasteiger charge is -2.21. The Kier molecular flexibility index (Phi) is 4.02. The second kappa shape index (κ2) is 5.71. The molecule has 1 aromatic heterocycles. The molecule has 0 spiro atoms. The predicted octanol–water partition coefficient (Wildman–Crippen LogP) is 2.24. The topological polar surface area (TPSA) is 68.6 Å². The van der Waals surface area contributed by atoms with Gasteiger partial charge in [0, 0.05) is 11.6 Å². The number of rotatable bonds is 5. The van der Waals surface area contributed by atoms with Gasteiger partial charge in [-0.15, -0.1) is 0 Å². The molecular formula is C14H17NO3. The minimum atomic E-state index is -0.368. The van der Waals surface area contributed by atoms with Gasteiger partial charge in [-0.25, -0.2) is 0 Å². The maximum Gasteiger partial charge on any atom is 0.171 e. The highest BCUT2D eigenvalue weighted by atomic mass is 16.5. The lowest BCUT2D eigenvalue weighted by molar-refractivity contribution is 0.148. The monoisotopic (exact) mass is 247 g/mol. The molecule has 0 aliphatic heterocycles. The van der Waals surface area contributed by atoms with Crippen LogP contribution >= 0.6 is 0 Å². The van der Waals surface area contributed by atoms with Crippen LogP contribution in [0.1, 0.15) is 24.4 Å². The molecule has 0 radical (unpaired) electrons. The third-order valence-corrected chi connectivity index (χ3v) is 2.70. The summed E-state index contributed by atoms with van der Waals surface area (Å²) in [6.45, 7) is 1.79. The quantitative estimate of drug-likeness (QED) is 0.850. The van der Waals surface area contributed by atoms with Gasteiger partial charge in [-0.1, -0.05) is 18.2 Å². The summed E-state index contributed by atoms with van der Waals surface area (Å²) < 4.78 is 11.2. The van der Waals surface area contributed by atoms with Gasteiger partial charge in [0.1, 0.15) is 11.5 Å². The Balaban J connectivity index is 2.24. The van der Waals surface area contributed by atoms with Crippen molar-refractivity contribution in [3.8, 4) is 5.75 Å². The first-order chi connectivity index (χ1) is 8.72. The Morgan fingerprint density at radius 3 is 2.67 bits per heavy atom. The Bertz CT molecular complexity index is 480. The highest BCUT2D eigenvalue weighted by Gasteiger charge is 2.21. The number of hydrogen-bond acceptors (Lipinski definition) is 4. The van der Waals surface area contributed by atoms with Crippen LogP contribution in [0.15, 0.2) is 47.1 Å². The molecule has 0 amide bonds. The second-order valence-corrected chi connectivity index (χ2v) is 4.18. The van der Waals surface area contributed by atoms with Crippen molar-refractivity contribution in [2.24, 2.45) is 5.73 Å². The second-order valence-electron chi connectivity index (χ2n) is 4.18. The van der Waals surface area contributed by atoms with Gasteiger partial charge < -0.3 is 20.0 Å². The molecule has 2 atom stereocenters. The first kappa shape index (κ1) is 12.7. The molecule has 2 rings (SSSR count). The summed E-state index contributed by atoms with van der Waals surface area (Å²) in [5, 5.41) is 9.27. The lowest BCUT2D eigenvalue weighted by Crippen LogP contribution is -2.29. The Hall–Kier alpha value is -1.78. The van der Waals surface area contributed by atoms with Crippen LogP contribution in [0.2, 0.25) is 0 Å². The van der Waals surface area contributed by atoms with E-state index in [1.54, 1.807) is 12.3 Å². The molecule has 0 saturated heterocycles. The SMILES string of the molecule is CC(N)C(Oc1ccccc1CO)c1ccco1. The number of hydrogen-bond donors (Lipinski definition) is 2. The van der Waals surface area contributed by atoms with Crippen molar-refractivity contribution < 1.29 is 14.3 Å². The number of para-hydroxylation sites is 1. The molecule has 2 aromatic rings. The normalized spacial score (nSPS) is 14.2. The molecular weight excluding hydrogens is 230 g/mol. The van der Waals surface area contributed by atoms with E-state index in [0.717, 1.165) is 5.56 Å². The highest BCUT2D eigenvalue weighted by molar-refractivity contribution is 5.33. The molecule has 0 aliphatic carbocycles. The standard InChI is InChI=1S/C14H17NO3/c1-10(15)14(13-7-4-8-17-13)18-12-6-3-2-5-11(12)9-16/h2-8,10,14,16H,9,15H2,1H3. The number of aliphatic hydroxyl groups is 1. The zero-order valence-electron chi connectivity index (χ0n) is 10.2. The summed E-state index contributed by atoms with van der Waals surface area (Å²) in [6.07, 6.45) is 1.22. The molecule has 0 aliphatic rings. The molecule has 0 saturated carbocycles. The van der Waals surface area contributed by atoms with Crippen LogP contribution < -0.4 is 10.5 Å². The zero-order valence-corrected chi connectivity index (χ0v) is 10.2. The molecule has 1 aromatic carbocycles. The molecule has 18 heavy (non-hydrogen) atoms. The van der Waals surface area contributed by atoms with Crippen molar-refractivity contribution in [2.75, 3.05) is 0 Å². The first-order valence-electron chi connectivity index (χ1n) is 5.86. The fourth-order valence-electron chi connectivity index (χ4n) is 1.76. The van der Waals surface area contributed by atoms with Gasteiger partial charge in [-0.05, 0) is 25.1 Å². The molecule has 3 N–H and O–H groups in total. The maximum absolute atomic E-state index is 9.27. The van der Waals surface area contributed by atoms with Crippen LogP contribution in [0.3, 0.4) is 0 Å². The van der Waals surface area contributed by atoms with Crippen LogP contribution in [0, 0.1) is 0 Å². The van der Waals surface area contributed by atoms with Gasteiger partial charge in [-0.3, -0.25) is 0 Å². The average molecular weight is 247 g/mol. The fraction of sp³-hybridized carbons (Fsp3) is 0.286. The smallest absolute Gasteiger partial charge is 0.171 e. The average Bonchev–Trinajstić information content (AvgIpc) is 2.89. The summed E-state index contributed by atoms with van der Waals surface area (Å²) in [4.78, 5) is 0. The number of furan rings is 1. The first-order valence-corrected chi connectivity index (χ1v) is 5.86. The molecule has 0 fully saturated rings. The van der Waals surface area contributed by atoms with E-state index in [4.69, 9.17) is 14.9 Å². The van der Waals surface area contributed by atoms with E-state index in [-0.39, 0.29) is 18.8 Å². The summed E-state index contributed by atoms with van der Waals surface area (Å²) in [5.41, 5.74) is 6.65. The van der Waals surface area contributed by atoms with Crippen molar-refractivity contribution >= 4 is 0 Å². The van der Waals surface area contributed by atoms with Gasteiger partial charge in [0.15, 0.2) is 6.10 Å². The van der Waals surface area contributed by atoms with E-state index < -0.39 is 0 Å². The van der Waals surface area contributed by atoms with E-state index >= 15 is 0 Å². The third kappa shape index (κ3) is 2.72. The van der Waals surface area contributed by atoms with E-state index in [9.17, 15) is 5.11 Å². The van der Waals surface area contributed by atoms with Crippen LogP contribution in [0.25, 0.3) is 0 Å².